The van der Waals surface area contributed by atoms with Gasteiger partial charge in [0, 0.05) is 42.4 Å². The predicted molar refractivity (Wildman–Crippen MR) is 154 cm³/mol. The van der Waals surface area contributed by atoms with Crippen molar-refractivity contribution in [1.29, 1.82) is 0 Å². The number of nitrogens with one attached hydrogen (secondary N) is 4. The fourth-order valence-corrected chi connectivity index (χ4v) is 6.63. The number of fused-ring (bicyclic) bond motifs is 1. The van der Waals surface area contributed by atoms with Crippen molar-refractivity contribution in [3.05, 3.63) is 36.0 Å². The first-order valence-corrected chi connectivity index (χ1v) is 15.9. The fraction of sp³-hybridized carbons (Fsp3) is 0.571. The molecule has 42 heavy (non-hydrogen) atoms. The molecule has 1 spiro atoms. The Labute approximate surface area is 244 Å². The van der Waals surface area contributed by atoms with E-state index in [0.29, 0.717) is 32.4 Å². The Kier molecular flexibility index (Phi) is 9.46. The number of aliphatic hydroxyl groups excluding tert-OH is 1. The molecule has 13 nitrogen and oxygen atoms in total. The van der Waals surface area contributed by atoms with Gasteiger partial charge in [0.05, 0.1) is 6.04 Å². The van der Waals surface area contributed by atoms with Crippen molar-refractivity contribution in [2.75, 3.05) is 13.1 Å². The zero-order valence-electron chi connectivity index (χ0n) is 24.0. The zero-order chi connectivity index (χ0) is 30.8. The van der Waals surface area contributed by atoms with Crippen molar-refractivity contribution in [2.45, 2.75) is 76.3 Å². The number of para-hydroxylation sites is 1. The average molecular weight is 606 g/mol. The van der Waals surface area contributed by atoms with Crippen LogP contribution in [0.2, 0.25) is 0 Å². The average Bonchev–Trinajstić information content (AvgIpc) is 3.47. The lowest BCUT2D eigenvalue weighted by Gasteiger charge is -2.39. The van der Waals surface area contributed by atoms with Crippen molar-refractivity contribution >= 4 is 42.1 Å². The maximum Gasteiger partial charge on any atom is 0.355 e. The number of hydrogen-bond acceptors (Lipinski definition) is 6. The number of aliphatic hydroxyl groups is 1. The first-order valence-electron chi connectivity index (χ1n) is 14.2. The van der Waals surface area contributed by atoms with Gasteiger partial charge in [0.2, 0.25) is 17.7 Å². The Bertz CT molecular complexity index is 1350. The highest BCUT2D eigenvalue weighted by Crippen LogP contribution is 2.44. The number of piperidine rings is 1. The van der Waals surface area contributed by atoms with Gasteiger partial charge < -0.3 is 40.7 Å². The number of aromatic nitrogens is 1. The van der Waals surface area contributed by atoms with Gasteiger partial charge in [-0.3, -0.25) is 23.7 Å². The van der Waals surface area contributed by atoms with Crippen LogP contribution in [0, 0.1) is 11.8 Å². The highest BCUT2D eigenvalue weighted by atomic mass is 31.2. The first kappa shape index (κ1) is 31.7. The fourth-order valence-electron chi connectivity index (χ4n) is 5.96. The van der Waals surface area contributed by atoms with Crippen molar-refractivity contribution in [3.63, 3.8) is 0 Å². The number of carbonyl (C=O) groups is 4. The Balaban J connectivity index is 1.48. The molecule has 2 aliphatic heterocycles. The molecule has 2 aromatic rings. The van der Waals surface area contributed by atoms with Gasteiger partial charge in [-0.1, -0.05) is 32.0 Å². The summed E-state index contributed by atoms with van der Waals surface area (Å²) in [5.41, 5.74) is 0.425. The van der Waals surface area contributed by atoms with Crippen LogP contribution < -0.4 is 16.0 Å². The monoisotopic (exact) mass is 605 g/mol. The summed E-state index contributed by atoms with van der Waals surface area (Å²) in [6, 6.07) is 6.44. The smallest absolute Gasteiger partial charge is 0.355 e. The van der Waals surface area contributed by atoms with Crippen LogP contribution in [0.1, 0.15) is 63.4 Å². The summed E-state index contributed by atoms with van der Waals surface area (Å²) >= 11 is 0. The van der Waals surface area contributed by atoms with E-state index in [1.165, 1.54) is 6.92 Å². The maximum absolute atomic E-state index is 13.5. The normalized spacial score (nSPS) is 20.8. The molecule has 0 aliphatic carbocycles. The predicted octanol–water partition coefficient (Wildman–Crippen LogP) is 1.20. The second-order valence-electron chi connectivity index (χ2n) is 12.0. The van der Waals surface area contributed by atoms with Gasteiger partial charge in [-0.2, -0.15) is 0 Å². The Morgan fingerprint density at radius 3 is 2.40 bits per heavy atom. The van der Waals surface area contributed by atoms with Gasteiger partial charge in [-0.05, 0) is 50.2 Å². The largest absolute Gasteiger partial charge is 0.379 e. The minimum atomic E-state index is -5.08. The molecule has 0 bridgehead atoms. The number of rotatable bonds is 10. The van der Waals surface area contributed by atoms with Gasteiger partial charge >= 0.3 is 7.60 Å². The third-order valence-electron chi connectivity index (χ3n) is 8.24. The van der Waals surface area contributed by atoms with Gasteiger partial charge in [-0.15, -0.1) is 0 Å². The minimum Gasteiger partial charge on any atom is -0.379 e. The minimum absolute atomic E-state index is 0.0322. The van der Waals surface area contributed by atoms with Gasteiger partial charge in [-0.25, -0.2) is 0 Å². The third-order valence-corrected chi connectivity index (χ3v) is 9.29. The van der Waals surface area contributed by atoms with E-state index in [0.717, 1.165) is 10.9 Å². The second kappa shape index (κ2) is 12.5. The summed E-state index contributed by atoms with van der Waals surface area (Å²) in [5.74, 6) is -4.67. The number of likely N-dealkylation sites (tertiary alicyclic amines) is 1. The molecule has 2 fully saturated rings. The molecular formula is C28H40N5O8P. The van der Waals surface area contributed by atoms with Crippen molar-refractivity contribution in [1.82, 2.24) is 25.8 Å². The van der Waals surface area contributed by atoms with E-state index in [1.807, 2.05) is 38.1 Å². The number of carbonyl (C=O) groups excluding carboxylic acids is 4. The standard InChI is InChI=1S/C28H40N5O8P/c1-16(2)12-21(30-26(37)22-13-18-6-4-5-7-20(18)29-22)25(36)31-23(27(38)42(39,40)41)14-19-15-28(32-24(19)35)8-10-33(11-9-28)17(3)34/h4-7,13,16,19,21,23,27,29,38H,8-12,14-15H2,1-3H3,(H,30,37)(H,31,36)(H,32,35)(H2,39,40,41). The van der Waals surface area contributed by atoms with E-state index in [4.69, 9.17) is 0 Å². The molecule has 2 aliphatic rings. The summed E-state index contributed by atoms with van der Waals surface area (Å²) < 4.78 is 12.1. The highest BCUT2D eigenvalue weighted by Gasteiger charge is 2.48. The van der Waals surface area contributed by atoms with E-state index in [2.05, 4.69) is 20.9 Å². The lowest BCUT2D eigenvalue weighted by Crippen LogP contribution is -2.53. The summed E-state index contributed by atoms with van der Waals surface area (Å²) in [7, 11) is -5.08. The van der Waals surface area contributed by atoms with Crippen molar-refractivity contribution in [3.8, 4) is 0 Å². The van der Waals surface area contributed by atoms with Crippen molar-refractivity contribution < 1.29 is 38.6 Å². The number of benzene rings is 1. The third kappa shape index (κ3) is 7.38. The molecule has 4 amide bonds. The maximum atomic E-state index is 13.5. The summed E-state index contributed by atoms with van der Waals surface area (Å²) in [5, 5.41) is 19.6. The number of hydrogen-bond donors (Lipinski definition) is 7. The van der Waals surface area contributed by atoms with Crippen LogP contribution in [0.25, 0.3) is 10.9 Å². The molecule has 2 saturated heterocycles. The molecule has 4 atom stereocenters. The molecule has 1 aromatic heterocycles. The molecule has 3 heterocycles. The van der Waals surface area contributed by atoms with E-state index in [-0.39, 0.29) is 36.3 Å². The molecule has 1 aromatic carbocycles. The molecule has 4 unspecified atom stereocenters. The molecular weight excluding hydrogens is 565 g/mol. The lowest BCUT2D eigenvalue weighted by molar-refractivity contribution is -0.130. The van der Waals surface area contributed by atoms with Gasteiger partial charge in [0.15, 0.2) is 5.85 Å². The van der Waals surface area contributed by atoms with E-state index >= 15 is 0 Å². The van der Waals surface area contributed by atoms with E-state index in [9.17, 15) is 38.6 Å². The van der Waals surface area contributed by atoms with Crippen LogP contribution >= 0.6 is 7.60 Å². The lowest BCUT2D eigenvalue weighted by atomic mass is 9.82. The van der Waals surface area contributed by atoms with Crippen LogP contribution in [0.3, 0.4) is 0 Å². The summed E-state index contributed by atoms with van der Waals surface area (Å²) in [6.07, 6.45) is 1.40. The number of H-pyrrole nitrogens is 1. The number of nitrogens with zero attached hydrogens (tertiary/aromatic N) is 1. The Morgan fingerprint density at radius 1 is 1.14 bits per heavy atom. The first-order chi connectivity index (χ1) is 19.7. The van der Waals surface area contributed by atoms with Gasteiger partial charge in [0.25, 0.3) is 5.91 Å². The topological polar surface area (TPSA) is 201 Å². The van der Waals surface area contributed by atoms with Crippen LogP contribution in [0.4, 0.5) is 0 Å². The number of aromatic amines is 1. The second-order valence-corrected chi connectivity index (χ2v) is 13.7. The Morgan fingerprint density at radius 2 is 1.81 bits per heavy atom. The summed E-state index contributed by atoms with van der Waals surface area (Å²) in [6.45, 7) is 6.15. The molecule has 0 saturated carbocycles. The van der Waals surface area contributed by atoms with Crippen LogP contribution in [-0.4, -0.2) is 85.0 Å². The SMILES string of the molecule is CC(=O)N1CCC2(CC1)CC(CC(NC(=O)C(CC(C)C)NC(=O)c1cc3ccccc3[nH]1)C(O)P(=O)(O)O)C(=O)N2. The van der Waals surface area contributed by atoms with E-state index < -0.39 is 48.8 Å². The highest BCUT2D eigenvalue weighted by molar-refractivity contribution is 7.52. The van der Waals surface area contributed by atoms with Crippen LogP contribution in [0.15, 0.2) is 30.3 Å². The molecule has 4 rings (SSSR count). The van der Waals surface area contributed by atoms with Crippen LogP contribution in [0.5, 0.6) is 0 Å². The van der Waals surface area contributed by atoms with Crippen molar-refractivity contribution in [2.24, 2.45) is 11.8 Å². The van der Waals surface area contributed by atoms with Crippen LogP contribution in [-0.2, 0) is 18.9 Å². The molecule has 7 N–H and O–H groups in total. The van der Waals surface area contributed by atoms with E-state index in [1.54, 1.807) is 11.0 Å². The number of amides is 4. The Hall–Kier alpha value is -3.25. The molecule has 0 radical (unpaired) electrons. The summed E-state index contributed by atoms with van der Waals surface area (Å²) in [4.78, 5) is 75.5. The quantitative estimate of drug-likeness (QED) is 0.196. The molecule has 14 heteroatoms. The molecule has 230 valence electrons. The van der Waals surface area contributed by atoms with Gasteiger partial charge in [0.1, 0.15) is 11.7 Å². The zero-order valence-corrected chi connectivity index (χ0v) is 24.9.